The summed E-state index contributed by atoms with van der Waals surface area (Å²) in [5.41, 5.74) is 0.388. The van der Waals surface area contributed by atoms with Crippen molar-refractivity contribution in [3.63, 3.8) is 0 Å². The third-order valence-electron chi connectivity index (χ3n) is 5.44. The standard InChI is InChI=1S/C24H35ClN4O2S/c1-8-9-12-29-22(32-21(27-29)23(2,3)4)26-20(30)18-13-16(25)10-11-19(18)31-17-14-28(15-17)24(5,6)7/h10-11,13,17H,8-9,12,14-15H2,1-7H3/b26-22-. The lowest BCUT2D eigenvalue weighted by atomic mass is 9.98. The quantitative estimate of drug-likeness (QED) is 0.565. The average molecular weight is 479 g/mol. The topological polar surface area (TPSA) is 59.7 Å². The number of benzene rings is 1. The molecule has 1 aliphatic rings. The van der Waals surface area contributed by atoms with Gasteiger partial charge >= 0.3 is 0 Å². The van der Waals surface area contributed by atoms with Crippen LogP contribution in [0.5, 0.6) is 5.75 Å². The molecule has 1 aromatic carbocycles. The number of amides is 1. The van der Waals surface area contributed by atoms with E-state index in [1.165, 1.54) is 11.3 Å². The fourth-order valence-corrected chi connectivity index (χ4v) is 4.46. The molecule has 6 nitrogen and oxygen atoms in total. The Hall–Kier alpha value is -1.70. The molecule has 1 amide bonds. The van der Waals surface area contributed by atoms with E-state index in [-0.39, 0.29) is 23.0 Å². The fourth-order valence-electron chi connectivity index (χ4n) is 3.31. The molecule has 0 N–H and O–H groups in total. The minimum absolute atomic E-state index is 0.0485. The second-order valence-electron chi connectivity index (χ2n) is 10.4. The fraction of sp³-hybridized carbons (Fsp3) is 0.625. The molecule has 0 radical (unpaired) electrons. The van der Waals surface area contributed by atoms with Gasteiger partial charge in [0.05, 0.1) is 5.56 Å². The summed E-state index contributed by atoms with van der Waals surface area (Å²) < 4.78 is 8.03. The van der Waals surface area contributed by atoms with E-state index in [1.54, 1.807) is 18.2 Å². The van der Waals surface area contributed by atoms with E-state index in [0.29, 0.717) is 21.1 Å². The summed E-state index contributed by atoms with van der Waals surface area (Å²) in [5.74, 6) is 0.172. The molecule has 2 heterocycles. The van der Waals surface area contributed by atoms with Gasteiger partial charge in [-0.05, 0) is 45.4 Å². The highest BCUT2D eigenvalue weighted by atomic mass is 35.5. The molecule has 1 saturated heterocycles. The third-order valence-corrected chi connectivity index (χ3v) is 7.05. The van der Waals surface area contributed by atoms with Crippen LogP contribution in [0.2, 0.25) is 5.02 Å². The molecule has 1 aromatic heterocycles. The molecule has 0 aliphatic carbocycles. The van der Waals surface area contributed by atoms with E-state index >= 15 is 0 Å². The van der Waals surface area contributed by atoms with Gasteiger partial charge in [-0.3, -0.25) is 9.69 Å². The summed E-state index contributed by atoms with van der Waals surface area (Å²) in [6, 6.07) is 5.16. The highest BCUT2D eigenvalue weighted by Gasteiger charge is 2.36. The van der Waals surface area contributed by atoms with Crippen LogP contribution in [-0.2, 0) is 12.0 Å². The van der Waals surface area contributed by atoms with E-state index in [0.717, 1.165) is 37.5 Å². The first-order valence-corrected chi connectivity index (χ1v) is 12.5. The van der Waals surface area contributed by atoms with Gasteiger partial charge < -0.3 is 4.74 Å². The van der Waals surface area contributed by atoms with Gasteiger partial charge in [-0.1, -0.05) is 57.1 Å². The Morgan fingerprint density at radius 2 is 1.94 bits per heavy atom. The van der Waals surface area contributed by atoms with Crippen LogP contribution >= 0.6 is 22.9 Å². The Morgan fingerprint density at radius 1 is 1.25 bits per heavy atom. The normalized spacial score (nSPS) is 16.3. The molecule has 2 aromatic rings. The summed E-state index contributed by atoms with van der Waals surface area (Å²) in [6.45, 7) is 17.4. The Kier molecular flexibility index (Phi) is 7.52. The average Bonchev–Trinajstić information content (AvgIpc) is 3.05. The van der Waals surface area contributed by atoms with Crippen LogP contribution in [0.3, 0.4) is 0 Å². The van der Waals surface area contributed by atoms with Gasteiger partial charge in [0.25, 0.3) is 5.91 Å². The van der Waals surface area contributed by atoms with Gasteiger partial charge in [-0.2, -0.15) is 10.1 Å². The number of likely N-dealkylation sites (tertiary alicyclic amines) is 1. The van der Waals surface area contributed by atoms with Crippen molar-refractivity contribution in [3.05, 3.63) is 38.6 Å². The molecule has 3 rings (SSSR count). The lowest BCUT2D eigenvalue weighted by Gasteiger charge is -2.47. The number of carbonyl (C=O) groups is 1. The van der Waals surface area contributed by atoms with Crippen molar-refractivity contribution in [1.82, 2.24) is 14.7 Å². The molecule has 0 spiro atoms. The SMILES string of the molecule is CCCCn1nc(C(C)(C)C)s/c1=N\C(=O)c1cc(Cl)ccc1OC1CN(C(C)(C)C)C1. The summed E-state index contributed by atoms with van der Waals surface area (Å²) in [5, 5.41) is 6.18. The maximum atomic E-state index is 13.2. The largest absolute Gasteiger partial charge is 0.487 e. The Bertz CT molecular complexity index is 1020. The predicted molar refractivity (Wildman–Crippen MR) is 131 cm³/mol. The zero-order valence-electron chi connectivity index (χ0n) is 20.2. The van der Waals surface area contributed by atoms with Crippen LogP contribution in [0.25, 0.3) is 0 Å². The molecule has 176 valence electrons. The van der Waals surface area contributed by atoms with Gasteiger partial charge in [0.15, 0.2) is 0 Å². The van der Waals surface area contributed by atoms with Crippen LogP contribution in [0.4, 0.5) is 0 Å². The van der Waals surface area contributed by atoms with Crippen LogP contribution < -0.4 is 9.54 Å². The molecular weight excluding hydrogens is 444 g/mol. The van der Waals surface area contributed by atoms with Crippen LogP contribution in [0, 0.1) is 0 Å². The predicted octanol–water partition coefficient (Wildman–Crippen LogP) is 5.30. The Balaban J connectivity index is 1.89. The van der Waals surface area contributed by atoms with Gasteiger partial charge in [0, 0.05) is 35.6 Å². The third kappa shape index (κ3) is 6.00. The van der Waals surface area contributed by atoms with E-state index in [9.17, 15) is 4.79 Å². The number of hydrogen-bond acceptors (Lipinski definition) is 5. The van der Waals surface area contributed by atoms with Gasteiger partial charge in [-0.15, -0.1) is 0 Å². The van der Waals surface area contributed by atoms with Crippen LogP contribution in [-0.4, -0.2) is 45.3 Å². The zero-order valence-corrected chi connectivity index (χ0v) is 21.8. The van der Waals surface area contributed by atoms with Crippen LogP contribution in [0.1, 0.15) is 76.7 Å². The number of nitrogens with zero attached hydrogens (tertiary/aromatic N) is 4. The maximum absolute atomic E-state index is 13.2. The monoisotopic (exact) mass is 478 g/mol. The molecule has 0 atom stereocenters. The van der Waals surface area contributed by atoms with Crippen molar-refractivity contribution in [3.8, 4) is 5.75 Å². The Morgan fingerprint density at radius 3 is 2.53 bits per heavy atom. The summed E-state index contributed by atoms with van der Waals surface area (Å²) in [6.07, 6.45) is 2.07. The molecule has 0 bridgehead atoms. The molecule has 0 saturated carbocycles. The number of ether oxygens (including phenoxy) is 1. The first kappa shape index (κ1) is 24.9. The highest BCUT2D eigenvalue weighted by molar-refractivity contribution is 7.09. The lowest BCUT2D eigenvalue weighted by Crippen LogP contribution is -2.60. The van der Waals surface area contributed by atoms with Gasteiger partial charge in [0.1, 0.15) is 16.9 Å². The minimum Gasteiger partial charge on any atom is -0.487 e. The minimum atomic E-state index is -0.358. The number of carbonyl (C=O) groups excluding carboxylic acids is 1. The van der Waals surface area contributed by atoms with E-state index < -0.39 is 0 Å². The van der Waals surface area contributed by atoms with Gasteiger partial charge in [0.2, 0.25) is 4.80 Å². The molecule has 8 heteroatoms. The smallest absolute Gasteiger partial charge is 0.283 e. The number of aryl methyl sites for hydroxylation is 1. The zero-order chi connectivity index (χ0) is 23.7. The first-order valence-electron chi connectivity index (χ1n) is 11.3. The van der Waals surface area contributed by atoms with Crippen LogP contribution in [0.15, 0.2) is 23.2 Å². The number of hydrogen-bond donors (Lipinski definition) is 0. The molecule has 0 unspecified atom stereocenters. The molecule has 1 fully saturated rings. The van der Waals surface area contributed by atoms with E-state index in [1.807, 2.05) is 4.68 Å². The van der Waals surface area contributed by atoms with Crippen molar-refractivity contribution in [2.24, 2.45) is 4.99 Å². The summed E-state index contributed by atoms with van der Waals surface area (Å²) in [7, 11) is 0. The van der Waals surface area contributed by atoms with Gasteiger partial charge in [-0.25, -0.2) is 4.68 Å². The second kappa shape index (κ2) is 9.65. The summed E-state index contributed by atoms with van der Waals surface area (Å²) >= 11 is 7.69. The molecule has 1 aliphatic heterocycles. The highest BCUT2D eigenvalue weighted by Crippen LogP contribution is 2.29. The maximum Gasteiger partial charge on any atom is 0.283 e. The summed E-state index contributed by atoms with van der Waals surface area (Å²) in [4.78, 5) is 20.6. The van der Waals surface area contributed by atoms with Crippen molar-refractivity contribution in [2.75, 3.05) is 13.1 Å². The number of rotatable bonds is 6. The van der Waals surface area contributed by atoms with Crippen molar-refractivity contribution in [2.45, 2.75) is 84.9 Å². The number of unbranched alkanes of at least 4 members (excludes halogenated alkanes) is 1. The number of aromatic nitrogens is 2. The molecule has 32 heavy (non-hydrogen) atoms. The van der Waals surface area contributed by atoms with E-state index in [2.05, 4.69) is 58.4 Å². The van der Waals surface area contributed by atoms with E-state index in [4.69, 9.17) is 21.4 Å². The Labute approximate surface area is 200 Å². The lowest BCUT2D eigenvalue weighted by molar-refractivity contribution is -0.0352. The first-order chi connectivity index (χ1) is 14.9. The number of halogens is 1. The van der Waals surface area contributed by atoms with Crippen molar-refractivity contribution < 1.29 is 9.53 Å². The molecular formula is C24H35ClN4O2S. The second-order valence-corrected chi connectivity index (χ2v) is 11.8. The van der Waals surface area contributed by atoms with Crippen molar-refractivity contribution in [1.29, 1.82) is 0 Å². The van der Waals surface area contributed by atoms with Crippen molar-refractivity contribution >= 4 is 28.8 Å².